The molecule has 1 aromatic carbocycles. The maximum atomic E-state index is 5.35. The molecule has 1 saturated carbocycles. The Kier molecular flexibility index (Phi) is 1.69. The van der Waals surface area contributed by atoms with E-state index in [0.29, 0.717) is 11.8 Å². The Morgan fingerprint density at radius 1 is 1.24 bits per heavy atom. The Balaban J connectivity index is 1.88. The fraction of sp³-hybridized carbons (Fsp3) is 0.231. The molecule has 1 aliphatic rings. The summed E-state index contributed by atoms with van der Waals surface area (Å²) in [5, 5.41) is 5.17. The molecule has 1 N–H and O–H groups in total. The number of nitrogens with one attached hydrogen (secondary N) is 1. The maximum Gasteiger partial charge on any atom is 0.258 e. The van der Waals surface area contributed by atoms with Crippen molar-refractivity contribution in [3.05, 3.63) is 36.3 Å². The van der Waals surface area contributed by atoms with Gasteiger partial charge in [0, 0.05) is 28.6 Å². The van der Waals surface area contributed by atoms with Crippen molar-refractivity contribution in [2.45, 2.75) is 18.8 Å². The second-order valence-corrected chi connectivity index (χ2v) is 4.48. The molecule has 1 fully saturated rings. The second-order valence-electron chi connectivity index (χ2n) is 4.48. The molecule has 4 rings (SSSR count). The third-order valence-electron chi connectivity index (χ3n) is 3.21. The highest BCUT2D eigenvalue weighted by atomic mass is 16.5. The van der Waals surface area contributed by atoms with Crippen molar-refractivity contribution >= 4 is 10.9 Å². The number of hydrogen-bond acceptors (Lipinski definition) is 3. The molecule has 4 nitrogen and oxygen atoms in total. The van der Waals surface area contributed by atoms with Crippen LogP contribution in [-0.2, 0) is 0 Å². The van der Waals surface area contributed by atoms with Gasteiger partial charge in [0.1, 0.15) is 0 Å². The smallest absolute Gasteiger partial charge is 0.258 e. The molecule has 0 spiro atoms. The normalized spacial score (nSPS) is 15.5. The van der Waals surface area contributed by atoms with Crippen LogP contribution in [0.15, 0.2) is 35.0 Å². The lowest BCUT2D eigenvalue weighted by Crippen LogP contribution is -1.82. The van der Waals surface area contributed by atoms with Crippen molar-refractivity contribution < 1.29 is 4.52 Å². The average Bonchev–Trinajstić information content (AvgIpc) is 2.93. The summed E-state index contributed by atoms with van der Waals surface area (Å²) in [6.07, 6.45) is 4.30. The third kappa shape index (κ3) is 1.37. The van der Waals surface area contributed by atoms with E-state index in [4.69, 9.17) is 4.52 Å². The first-order valence-electron chi connectivity index (χ1n) is 5.82. The zero-order valence-electron chi connectivity index (χ0n) is 9.18. The molecule has 3 aromatic rings. The molecule has 0 saturated heterocycles. The van der Waals surface area contributed by atoms with Gasteiger partial charge in [-0.25, -0.2) is 0 Å². The standard InChI is InChI=1S/C13H11N3O/c1-2-10(9-6-7-14-11(9)3-1)13-15-12(16-17-13)8-4-5-8/h1-3,6-8,14H,4-5H2. The Morgan fingerprint density at radius 2 is 2.18 bits per heavy atom. The van der Waals surface area contributed by atoms with Gasteiger partial charge in [0.05, 0.1) is 0 Å². The van der Waals surface area contributed by atoms with Crippen molar-refractivity contribution in [3.63, 3.8) is 0 Å². The molecule has 0 aliphatic heterocycles. The summed E-state index contributed by atoms with van der Waals surface area (Å²) in [6.45, 7) is 0. The SMILES string of the molecule is c1cc(-c2nc(C3CC3)no2)c2cc[nH]c2c1. The molecule has 0 amide bonds. The molecule has 2 heterocycles. The average molecular weight is 225 g/mol. The summed E-state index contributed by atoms with van der Waals surface area (Å²) in [5.74, 6) is 2.00. The van der Waals surface area contributed by atoms with Crippen molar-refractivity contribution in [1.29, 1.82) is 0 Å². The monoisotopic (exact) mass is 225 g/mol. The first kappa shape index (κ1) is 8.98. The molecule has 4 heteroatoms. The summed E-state index contributed by atoms with van der Waals surface area (Å²) in [4.78, 5) is 7.66. The van der Waals surface area contributed by atoms with Gasteiger partial charge in [-0.05, 0) is 31.0 Å². The van der Waals surface area contributed by atoms with E-state index in [1.165, 1.54) is 12.8 Å². The fourth-order valence-corrected chi connectivity index (χ4v) is 2.12. The summed E-state index contributed by atoms with van der Waals surface area (Å²) >= 11 is 0. The van der Waals surface area contributed by atoms with E-state index >= 15 is 0 Å². The van der Waals surface area contributed by atoms with E-state index in [9.17, 15) is 0 Å². The minimum absolute atomic E-state index is 0.526. The van der Waals surface area contributed by atoms with Crippen LogP contribution in [0.3, 0.4) is 0 Å². The number of aromatic nitrogens is 3. The minimum Gasteiger partial charge on any atom is -0.361 e. The van der Waals surface area contributed by atoms with Gasteiger partial charge in [-0.2, -0.15) is 4.98 Å². The van der Waals surface area contributed by atoms with Gasteiger partial charge in [0.2, 0.25) is 0 Å². The van der Waals surface area contributed by atoms with Gasteiger partial charge in [0.15, 0.2) is 5.82 Å². The summed E-state index contributed by atoms with van der Waals surface area (Å²) in [7, 11) is 0. The van der Waals surface area contributed by atoms with Crippen LogP contribution < -0.4 is 0 Å². The summed E-state index contributed by atoms with van der Waals surface area (Å²) in [5.41, 5.74) is 2.09. The Labute approximate surface area is 97.7 Å². The van der Waals surface area contributed by atoms with Gasteiger partial charge in [-0.1, -0.05) is 11.2 Å². The maximum absolute atomic E-state index is 5.35. The predicted octanol–water partition coefficient (Wildman–Crippen LogP) is 3.10. The van der Waals surface area contributed by atoms with E-state index in [0.717, 1.165) is 22.3 Å². The van der Waals surface area contributed by atoms with Gasteiger partial charge in [0.25, 0.3) is 5.89 Å². The molecular formula is C13H11N3O. The van der Waals surface area contributed by atoms with Crippen molar-refractivity contribution in [3.8, 4) is 11.5 Å². The number of rotatable bonds is 2. The van der Waals surface area contributed by atoms with Crippen LogP contribution in [0.1, 0.15) is 24.6 Å². The predicted molar refractivity (Wildman–Crippen MR) is 63.6 cm³/mol. The van der Waals surface area contributed by atoms with Crippen LogP contribution in [0, 0.1) is 0 Å². The summed E-state index contributed by atoms with van der Waals surface area (Å²) < 4.78 is 5.35. The number of benzene rings is 1. The van der Waals surface area contributed by atoms with Crippen molar-refractivity contribution in [2.24, 2.45) is 0 Å². The van der Waals surface area contributed by atoms with E-state index in [1.54, 1.807) is 0 Å². The van der Waals surface area contributed by atoms with Crippen LogP contribution in [0.25, 0.3) is 22.4 Å². The number of fused-ring (bicyclic) bond motifs is 1. The van der Waals surface area contributed by atoms with E-state index in [-0.39, 0.29) is 0 Å². The highest BCUT2D eigenvalue weighted by Gasteiger charge is 2.29. The topological polar surface area (TPSA) is 54.7 Å². The zero-order chi connectivity index (χ0) is 11.2. The van der Waals surface area contributed by atoms with Gasteiger partial charge in [-0.3, -0.25) is 0 Å². The second kappa shape index (κ2) is 3.20. The highest BCUT2D eigenvalue weighted by molar-refractivity contribution is 5.92. The first-order valence-corrected chi connectivity index (χ1v) is 5.82. The van der Waals surface area contributed by atoms with E-state index in [1.807, 2.05) is 30.5 Å². The zero-order valence-corrected chi connectivity index (χ0v) is 9.18. The molecular weight excluding hydrogens is 214 g/mol. The van der Waals surface area contributed by atoms with Crippen LogP contribution in [-0.4, -0.2) is 15.1 Å². The molecule has 17 heavy (non-hydrogen) atoms. The van der Waals surface area contributed by atoms with E-state index in [2.05, 4.69) is 15.1 Å². The molecule has 84 valence electrons. The molecule has 0 unspecified atom stereocenters. The van der Waals surface area contributed by atoms with Crippen LogP contribution >= 0.6 is 0 Å². The number of hydrogen-bond donors (Lipinski definition) is 1. The fourth-order valence-electron chi connectivity index (χ4n) is 2.12. The van der Waals surface area contributed by atoms with E-state index < -0.39 is 0 Å². The first-order chi connectivity index (χ1) is 8.42. The van der Waals surface area contributed by atoms with Crippen LogP contribution in [0.4, 0.5) is 0 Å². The number of aromatic amines is 1. The highest BCUT2D eigenvalue weighted by Crippen LogP contribution is 2.39. The Morgan fingerprint density at radius 3 is 3.06 bits per heavy atom. The molecule has 0 radical (unpaired) electrons. The number of H-pyrrole nitrogens is 1. The van der Waals surface area contributed by atoms with Crippen LogP contribution in [0.2, 0.25) is 0 Å². The van der Waals surface area contributed by atoms with Gasteiger partial charge >= 0.3 is 0 Å². The quantitative estimate of drug-likeness (QED) is 0.729. The number of nitrogens with zero attached hydrogens (tertiary/aromatic N) is 2. The molecule has 0 bridgehead atoms. The molecule has 1 aliphatic carbocycles. The van der Waals surface area contributed by atoms with Gasteiger partial charge in [-0.15, -0.1) is 0 Å². The Hall–Kier alpha value is -2.10. The largest absolute Gasteiger partial charge is 0.361 e. The lowest BCUT2D eigenvalue weighted by Gasteiger charge is -1.96. The lowest BCUT2D eigenvalue weighted by molar-refractivity contribution is 0.423. The Bertz CT molecular complexity index is 679. The summed E-state index contributed by atoms with van der Waals surface area (Å²) in [6, 6.07) is 8.08. The van der Waals surface area contributed by atoms with Crippen molar-refractivity contribution in [2.75, 3.05) is 0 Å². The van der Waals surface area contributed by atoms with Crippen LogP contribution in [0.5, 0.6) is 0 Å². The van der Waals surface area contributed by atoms with Gasteiger partial charge < -0.3 is 9.51 Å². The third-order valence-corrected chi connectivity index (χ3v) is 3.21. The lowest BCUT2D eigenvalue weighted by atomic mass is 10.1. The molecule has 0 atom stereocenters. The van der Waals surface area contributed by atoms with Crippen molar-refractivity contribution in [1.82, 2.24) is 15.1 Å². The minimum atomic E-state index is 0.526. The molecule has 2 aromatic heterocycles.